The number of rotatable bonds is 2. The van der Waals surface area contributed by atoms with Crippen LogP contribution < -0.4 is 4.90 Å². The molecule has 6 nitrogen and oxygen atoms in total. The lowest BCUT2D eigenvalue weighted by Gasteiger charge is -2.38. The van der Waals surface area contributed by atoms with E-state index in [9.17, 15) is 0 Å². The van der Waals surface area contributed by atoms with E-state index in [1.807, 2.05) is 6.92 Å². The van der Waals surface area contributed by atoms with Crippen LogP contribution in [-0.2, 0) is 0 Å². The summed E-state index contributed by atoms with van der Waals surface area (Å²) >= 11 is 6.22. The van der Waals surface area contributed by atoms with Gasteiger partial charge in [0.1, 0.15) is 17.3 Å². The van der Waals surface area contributed by atoms with Gasteiger partial charge >= 0.3 is 0 Å². The molecule has 3 rings (SSSR count). The molecule has 0 aromatic carbocycles. The Bertz CT molecular complexity index is 615. The maximum Gasteiger partial charge on any atom is 0.255 e. The minimum absolute atomic E-state index is 0.506. The SMILES string of the molecule is Cc1c(Cl)nc2ncnn2c1N1CCN(C(C)C)CC1. The topological polar surface area (TPSA) is 49.6 Å². The second kappa shape index (κ2) is 5.18. The Kier molecular flexibility index (Phi) is 3.52. The van der Waals surface area contributed by atoms with E-state index in [0.717, 1.165) is 37.6 Å². The van der Waals surface area contributed by atoms with E-state index in [1.54, 1.807) is 4.52 Å². The van der Waals surface area contributed by atoms with E-state index in [-0.39, 0.29) is 0 Å². The van der Waals surface area contributed by atoms with Gasteiger partial charge in [-0.3, -0.25) is 4.90 Å². The Labute approximate surface area is 123 Å². The summed E-state index contributed by atoms with van der Waals surface area (Å²) < 4.78 is 1.78. The molecule has 3 heterocycles. The summed E-state index contributed by atoms with van der Waals surface area (Å²) in [5.41, 5.74) is 0.961. The first-order valence-electron chi connectivity index (χ1n) is 6.92. The number of aromatic nitrogens is 4. The van der Waals surface area contributed by atoms with Gasteiger partial charge < -0.3 is 4.90 Å². The smallest absolute Gasteiger partial charge is 0.255 e. The van der Waals surface area contributed by atoms with Crippen LogP contribution in [0.5, 0.6) is 0 Å². The van der Waals surface area contributed by atoms with Crippen LogP contribution in [0.25, 0.3) is 5.78 Å². The van der Waals surface area contributed by atoms with Crippen molar-refractivity contribution in [2.75, 3.05) is 31.1 Å². The Morgan fingerprint density at radius 2 is 1.90 bits per heavy atom. The fourth-order valence-electron chi connectivity index (χ4n) is 2.71. The lowest BCUT2D eigenvalue weighted by atomic mass is 10.2. The number of anilines is 1. The number of nitrogens with zero attached hydrogens (tertiary/aromatic N) is 6. The normalized spacial score (nSPS) is 17.4. The molecule has 1 aliphatic heterocycles. The Balaban J connectivity index is 1.95. The monoisotopic (exact) mass is 294 g/mol. The number of fused-ring (bicyclic) bond motifs is 1. The van der Waals surface area contributed by atoms with Crippen molar-refractivity contribution in [2.45, 2.75) is 26.8 Å². The molecule has 7 heteroatoms. The van der Waals surface area contributed by atoms with E-state index in [0.29, 0.717) is 17.0 Å². The zero-order valence-corrected chi connectivity index (χ0v) is 12.8. The summed E-state index contributed by atoms with van der Waals surface area (Å²) in [5, 5.41) is 4.79. The minimum atomic E-state index is 0.506. The zero-order chi connectivity index (χ0) is 14.3. The fourth-order valence-corrected chi connectivity index (χ4v) is 2.87. The molecule has 0 unspecified atom stereocenters. The van der Waals surface area contributed by atoms with Crippen LogP contribution in [0.4, 0.5) is 5.82 Å². The standard InChI is InChI=1S/C13H19ClN6/c1-9(2)18-4-6-19(7-5-18)12-10(3)11(14)17-13-15-8-16-20(12)13/h8-9H,4-7H2,1-3H3. The van der Waals surface area contributed by atoms with Gasteiger partial charge in [0.05, 0.1) is 0 Å². The van der Waals surface area contributed by atoms with E-state index >= 15 is 0 Å². The van der Waals surface area contributed by atoms with Gasteiger partial charge in [-0.1, -0.05) is 11.6 Å². The molecule has 2 aromatic heterocycles. The first-order valence-corrected chi connectivity index (χ1v) is 7.30. The molecule has 0 aliphatic carbocycles. The molecule has 20 heavy (non-hydrogen) atoms. The Morgan fingerprint density at radius 1 is 1.20 bits per heavy atom. The highest BCUT2D eigenvalue weighted by Gasteiger charge is 2.23. The van der Waals surface area contributed by atoms with Gasteiger partial charge in [0.25, 0.3) is 5.78 Å². The van der Waals surface area contributed by atoms with Crippen LogP contribution in [-0.4, -0.2) is 56.7 Å². The molecule has 0 amide bonds. The summed E-state index contributed by atoms with van der Waals surface area (Å²) in [7, 11) is 0. The second-order valence-corrected chi connectivity index (χ2v) is 5.80. The number of hydrogen-bond donors (Lipinski definition) is 0. The fraction of sp³-hybridized carbons (Fsp3) is 0.615. The van der Waals surface area contributed by atoms with Gasteiger partial charge in [-0.05, 0) is 20.8 Å². The zero-order valence-electron chi connectivity index (χ0n) is 12.0. The highest BCUT2D eigenvalue weighted by molar-refractivity contribution is 6.30. The van der Waals surface area contributed by atoms with Crippen molar-refractivity contribution in [3.8, 4) is 0 Å². The third-order valence-corrected chi connectivity index (χ3v) is 4.29. The molecule has 0 radical (unpaired) electrons. The molecule has 2 aromatic rings. The molecular weight excluding hydrogens is 276 g/mol. The van der Waals surface area contributed by atoms with Gasteiger partial charge in [0, 0.05) is 37.8 Å². The number of halogens is 1. The molecule has 0 spiro atoms. The number of piperazine rings is 1. The van der Waals surface area contributed by atoms with Gasteiger partial charge in [-0.2, -0.15) is 19.6 Å². The number of hydrogen-bond acceptors (Lipinski definition) is 5. The van der Waals surface area contributed by atoms with E-state index in [4.69, 9.17) is 11.6 Å². The van der Waals surface area contributed by atoms with Crippen LogP contribution in [0.15, 0.2) is 6.33 Å². The van der Waals surface area contributed by atoms with Crippen LogP contribution in [0, 0.1) is 6.92 Å². The minimum Gasteiger partial charge on any atom is -0.354 e. The molecule has 1 aliphatic rings. The van der Waals surface area contributed by atoms with Crippen LogP contribution in [0.2, 0.25) is 5.15 Å². The van der Waals surface area contributed by atoms with Crippen LogP contribution >= 0.6 is 11.6 Å². The van der Waals surface area contributed by atoms with Gasteiger partial charge in [0.15, 0.2) is 0 Å². The van der Waals surface area contributed by atoms with Crippen molar-refractivity contribution in [3.63, 3.8) is 0 Å². The summed E-state index contributed by atoms with van der Waals surface area (Å²) in [4.78, 5) is 13.2. The maximum absolute atomic E-state index is 6.22. The molecular formula is C13H19ClN6. The molecule has 0 saturated carbocycles. The average Bonchev–Trinajstić information content (AvgIpc) is 2.88. The first kappa shape index (κ1) is 13.6. The van der Waals surface area contributed by atoms with Crippen molar-refractivity contribution >= 4 is 23.2 Å². The Hall–Kier alpha value is -1.40. The highest BCUT2D eigenvalue weighted by Crippen LogP contribution is 2.26. The van der Waals surface area contributed by atoms with Crippen LogP contribution in [0.1, 0.15) is 19.4 Å². The molecule has 0 bridgehead atoms. The molecule has 0 N–H and O–H groups in total. The molecule has 108 valence electrons. The molecule has 1 fully saturated rings. The average molecular weight is 295 g/mol. The quantitative estimate of drug-likeness (QED) is 0.788. The lowest BCUT2D eigenvalue weighted by Crippen LogP contribution is -2.49. The summed E-state index contributed by atoms with van der Waals surface area (Å²) in [6, 6.07) is 0.589. The van der Waals surface area contributed by atoms with E-state index in [2.05, 4.69) is 38.7 Å². The lowest BCUT2D eigenvalue weighted by molar-refractivity contribution is 0.208. The highest BCUT2D eigenvalue weighted by atomic mass is 35.5. The van der Waals surface area contributed by atoms with Crippen molar-refractivity contribution in [1.82, 2.24) is 24.5 Å². The van der Waals surface area contributed by atoms with Crippen molar-refractivity contribution in [1.29, 1.82) is 0 Å². The summed E-state index contributed by atoms with van der Waals surface area (Å²) in [6.07, 6.45) is 1.52. The third kappa shape index (κ3) is 2.23. The van der Waals surface area contributed by atoms with Crippen molar-refractivity contribution in [2.24, 2.45) is 0 Å². The van der Waals surface area contributed by atoms with Gasteiger partial charge in [-0.25, -0.2) is 0 Å². The second-order valence-electron chi connectivity index (χ2n) is 5.44. The predicted molar refractivity (Wildman–Crippen MR) is 79.5 cm³/mol. The maximum atomic E-state index is 6.22. The van der Waals surface area contributed by atoms with E-state index in [1.165, 1.54) is 6.33 Å². The molecule has 0 atom stereocenters. The third-order valence-electron chi connectivity index (χ3n) is 3.92. The van der Waals surface area contributed by atoms with Crippen molar-refractivity contribution < 1.29 is 0 Å². The summed E-state index contributed by atoms with van der Waals surface area (Å²) in [5.74, 6) is 1.57. The Morgan fingerprint density at radius 3 is 2.55 bits per heavy atom. The predicted octanol–water partition coefficient (Wildman–Crippen LogP) is 1.62. The van der Waals surface area contributed by atoms with Crippen LogP contribution in [0.3, 0.4) is 0 Å². The van der Waals surface area contributed by atoms with Crippen molar-refractivity contribution in [3.05, 3.63) is 17.0 Å². The van der Waals surface area contributed by atoms with Gasteiger partial charge in [-0.15, -0.1) is 0 Å². The van der Waals surface area contributed by atoms with E-state index < -0.39 is 0 Å². The molecule has 1 saturated heterocycles. The summed E-state index contributed by atoms with van der Waals surface area (Å²) in [6.45, 7) is 10.5. The van der Waals surface area contributed by atoms with Gasteiger partial charge in [0.2, 0.25) is 0 Å². The first-order chi connectivity index (χ1) is 9.58. The largest absolute Gasteiger partial charge is 0.354 e.